The third-order valence-electron chi connectivity index (χ3n) is 1.84. The maximum Gasteiger partial charge on any atom is 0.155 e. The number of aromatic nitrogens is 1. The average molecular weight is 252 g/mol. The van der Waals surface area contributed by atoms with Gasteiger partial charge in [0.05, 0.1) is 5.56 Å². The Hall–Kier alpha value is -1.42. The van der Waals surface area contributed by atoms with E-state index in [0.717, 1.165) is 16.3 Å². The van der Waals surface area contributed by atoms with Crippen molar-refractivity contribution >= 4 is 22.2 Å². The molecule has 0 aliphatic rings. The molecule has 0 fully saturated rings. The molecule has 70 valence electrons. The highest BCUT2D eigenvalue weighted by Gasteiger charge is 2.08. The van der Waals surface area contributed by atoms with Gasteiger partial charge in [-0.2, -0.15) is 0 Å². The van der Waals surface area contributed by atoms with Gasteiger partial charge in [-0.05, 0) is 12.1 Å². The Labute approximate surface area is 88.8 Å². The average Bonchev–Trinajstić information content (AvgIpc) is 2.67. The predicted octanol–water partition coefficient (Wildman–Crippen LogP) is 2.92. The van der Waals surface area contributed by atoms with E-state index in [0.29, 0.717) is 11.3 Å². The Morgan fingerprint density at radius 2 is 2.00 bits per heavy atom. The number of nitrogens with zero attached hydrogens (tertiary/aromatic N) is 1. The van der Waals surface area contributed by atoms with Crippen LogP contribution in [0.5, 0.6) is 0 Å². The molecule has 14 heavy (non-hydrogen) atoms. The Balaban J connectivity index is 2.49. The molecule has 0 N–H and O–H groups in total. The summed E-state index contributed by atoms with van der Waals surface area (Å²) < 4.78 is 5.71. The van der Waals surface area contributed by atoms with Crippen molar-refractivity contribution in [1.82, 2.24) is 5.16 Å². The van der Waals surface area contributed by atoms with Crippen LogP contribution in [0, 0.1) is 0 Å². The summed E-state index contributed by atoms with van der Waals surface area (Å²) in [5.74, 6) is 0. The van der Waals surface area contributed by atoms with E-state index in [-0.39, 0.29) is 0 Å². The first-order valence-corrected chi connectivity index (χ1v) is 4.76. The minimum absolute atomic E-state index is 0.465. The van der Waals surface area contributed by atoms with Crippen molar-refractivity contribution in [3.05, 3.63) is 40.6 Å². The molecule has 0 amide bonds. The third kappa shape index (κ3) is 1.61. The fraction of sp³-hybridized carbons (Fsp3) is 0. The molecule has 0 bridgehead atoms. The highest BCUT2D eigenvalue weighted by atomic mass is 79.9. The molecule has 1 aromatic heterocycles. The van der Waals surface area contributed by atoms with Crippen molar-refractivity contribution in [1.29, 1.82) is 0 Å². The Bertz CT molecular complexity index is 447. The van der Waals surface area contributed by atoms with E-state index in [9.17, 15) is 4.79 Å². The Morgan fingerprint density at radius 3 is 2.64 bits per heavy atom. The highest BCUT2D eigenvalue weighted by Crippen LogP contribution is 2.22. The molecule has 0 saturated heterocycles. The smallest absolute Gasteiger partial charge is 0.155 e. The second kappa shape index (κ2) is 3.75. The van der Waals surface area contributed by atoms with E-state index in [4.69, 9.17) is 4.52 Å². The summed E-state index contributed by atoms with van der Waals surface area (Å²) in [6.07, 6.45) is 2.07. The van der Waals surface area contributed by atoms with Crippen LogP contribution < -0.4 is 0 Å². The summed E-state index contributed by atoms with van der Waals surface area (Å²) in [5, 5.41) is 3.77. The monoisotopic (exact) mass is 251 g/mol. The number of carbonyl (C=O) groups is 1. The number of aldehydes is 1. The van der Waals surface area contributed by atoms with E-state index in [1.54, 1.807) is 0 Å². The molecule has 2 aromatic rings. The molecule has 0 atom stereocenters. The zero-order valence-electron chi connectivity index (χ0n) is 7.11. The normalized spacial score (nSPS) is 10.1. The van der Waals surface area contributed by atoms with Gasteiger partial charge < -0.3 is 4.52 Å². The number of hydrogen-bond acceptors (Lipinski definition) is 3. The zero-order valence-corrected chi connectivity index (χ0v) is 8.69. The molecular weight excluding hydrogens is 246 g/mol. The molecule has 0 unspecified atom stereocenters. The molecule has 0 aliphatic carbocycles. The van der Waals surface area contributed by atoms with Crippen molar-refractivity contribution in [2.24, 2.45) is 0 Å². The van der Waals surface area contributed by atoms with Crippen molar-refractivity contribution in [3.8, 4) is 11.3 Å². The lowest BCUT2D eigenvalue weighted by Crippen LogP contribution is -1.83. The highest BCUT2D eigenvalue weighted by molar-refractivity contribution is 9.10. The maximum atomic E-state index is 10.6. The summed E-state index contributed by atoms with van der Waals surface area (Å²) in [5.41, 5.74) is 1.91. The Kier molecular flexibility index (Phi) is 2.45. The standard InChI is InChI=1S/C10H6BrNO2/c11-9-3-1-7(2-4-9)10-8(5-13)6-14-12-10/h1-6H. The summed E-state index contributed by atoms with van der Waals surface area (Å²) in [7, 11) is 0. The third-order valence-corrected chi connectivity index (χ3v) is 2.37. The van der Waals surface area contributed by atoms with Crippen LogP contribution in [0.1, 0.15) is 10.4 Å². The van der Waals surface area contributed by atoms with Gasteiger partial charge in [0.2, 0.25) is 0 Å². The fourth-order valence-electron chi connectivity index (χ4n) is 1.16. The summed E-state index contributed by atoms with van der Waals surface area (Å²) in [6, 6.07) is 7.51. The molecule has 0 radical (unpaired) electrons. The quantitative estimate of drug-likeness (QED) is 0.771. The van der Waals surface area contributed by atoms with Gasteiger partial charge in [0.15, 0.2) is 6.29 Å². The van der Waals surface area contributed by atoms with Crippen molar-refractivity contribution in [2.45, 2.75) is 0 Å². The van der Waals surface area contributed by atoms with Crippen molar-refractivity contribution < 1.29 is 9.32 Å². The van der Waals surface area contributed by atoms with E-state index >= 15 is 0 Å². The van der Waals surface area contributed by atoms with Crippen molar-refractivity contribution in [3.63, 3.8) is 0 Å². The lowest BCUT2D eigenvalue weighted by Gasteiger charge is -1.96. The minimum atomic E-state index is 0.465. The molecule has 0 spiro atoms. The van der Waals surface area contributed by atoms with Crippen LogP contribution in [0.25, 0.3) is 11.3 Å². The SMILES string of the molecule is O=Cc1conc1-c1ccc(Br)cc1. The van der Waals surface area contributed by atoms with Crippen LogP contribution in [0.15, 0.2) is 39.5 Å². The minimum Gasteiger partial charge on any atom is -0.363 e. The second-order valence-corrected chi connectivity index (χ2v) is 3.66. The van der Waals surface area contributed by atoms with Gasteiger partial charge in [-0.15, -0.1) is 0 Å². The summed E-state index contributed by atoms with van der Waals surface area (Å²) in [4.78, 5) is 10.6. The van der Waals surface area contributed by atoms with Gasteiger partial charge in [-0.1, -0.05) is 33.2 Å². The van der Waals surface area contributed by atoms with Crippen LogP contribution >= 0.6 is 15.9 Å². The molecule has 2 rings (SSSR count). The largest absolute Gasteiger partial charge is 0.363 e. The summed E-state index contributed by atoms with van der Waals surface area (Å²) in [6.45, 7) is 0. The lowest BCUT2D eigenvalue weighted by atomic mass is 10.1. The van der Waals surface area contributed by atoms with Gasteiger partial charge in [0.25, 0.3) is 0 Å². The topological polar surface area (TPSA) is 43.1 Å². The second-order valence-electron chi connectivity index (χ2n) is 2.74. The van der Waals surface area contributed by atoms with Crippen LogP contribution in [0.4, 0.5) is 0 Å². The van der Waals surface area contributed by atoms with E-state index in [2.05, 4.69) is 21.1 Å². The van der Waals surface area contributed by atoms with E-state index < -0.39 is 0 Å². The molecular formula is C10H6BrNO2. The van der Waals surface area contributed by atoms with E-state index in [1.165, 1.54) is 6.26 Å². The Morgan fingerprint density at radius 1 is 1.29 bits per heavy atom. The number of halogens is 1. The first-order valence-electron chi connectivity index (χ1n) is 3.97. The number of benzene rings is 1. The molecule has 0 aliphatic heterocycles. The molecule has 3 nitrogen and oxygen atoms in total. The molecule has 1 heterocycles. The van der Waals surface area contributed by atoms with Gasteiger partial charge >= 0.3 is 0 Å². The van der Waals surface area contributed by atoms with Crippen LogP contribution in [-0.2, 0) is 0 Å². The van der Waals surface area contributed by atoms with Gasteiger partial charge in [-0.3, -0.25) is 4.79 Å². The van der Waals surface area contributed by atoms with E-state index in [1.807, 2.05) is 24.3 Å². The predicted molar refractivity (Wildman–Crippen MR) is 55.0 cm³/mol. The zero-order chi connectivity index (χ0) is 9.97. The van der Waals surface area contributed by atoms with Gasteiger partial charge in [-0.25, -0.2) is 0 Å². The number of carbonyl (C=O) groups excluding carboxylic acids is 1. The molecule has 0 saturated carbocycles. The fourth-order valence-corrected chi connectivity index (χ4v) is 1.42. The molecule has 4 heteroatoms. The first-order chi connectivity index (χ1) is 6.81. The number of hydrogen-bond donors (Lipinski definition) is 0. The maximum absolute atomic E-state index is 10.6. The lowest BCUT2D eigenvalue weighted by molar-refractivity contribution is 0.112. The number of rotatable bonds is 2. The van der Waals surface area contributed by atoms with Gasteiger partial charge in [0.1, 0.15) is 12.0 Å². The van der Waals surface area contributed by atoms with Crippen LogP contribution in [0.2, 0.25) is 0 Å². The van der Waals surface area contributed by atoms with Crippen molar-refractivity contribution in [2.75, 3.05) is 0 Å². The van der Waals surface area contributed by atoms with Gasteiger partial charge in [0, 0.05) is 10.0 Å². The molecule has 1 aromatic carbocycles. The first kappa shape index (κ1) is 9.15. The van der Waals surface area contributed by atoms with Crippen LogP contribution in [-0.4, -0.2) is 11.4 Å². The summed E-state index contributed by atoms with van der Waals surface area (Å²) >= 11 is 3.33. The van der Waals surface area contributed by atoms with Crippen LogP contribution in [0.3, 0.4) is 0 Å².